The molecule has 2 rings (SSSR count). The van der Waals surface area contributed by atoms with Gasteiger partial charge in [-0.25, -0.2) is 0 Å². The zero-order valence-corrected chi connectivity index (χ0v) is 12.4. The standard InChI is InChI=1S/C18H14F3NO/c1-13-5-2-8-15(11-13)17(23)22-10-4-7-14-6-3-9-16(12-14)18(19,20)21/h2-3,5-6,8-9,11-12H,10H2,1H3,(H,22,23). The third-order valence-electron chi connectivity index (χ3n) is 3.04. The lowest BCUT2D eigenvalue weighted by atomic mass is 10.1. The highest BCUT2D eigenvalue weighted by Crippen LogP contribution is 2.29. The van der Waals surface area contributed by atoms with Crippen LogP contribution < -0.4 is 5.32 Å². The van der Waals surface area contributed by atoms with Crippen molar-refractivity contribution >= 4 is 5.91 Å². The average Bonchev–Trinajstić information content (AvgIpc) is 2.51. The van der Waals surface area contributed by atoms with Crippen LogP contribution in [0.1, 0.15) is 27.0 Å². The minimum absolute atomic E-state index is 0.0586. The maximum atomic E-state index is 12.6. The van der Waals surface area contributed by atoms with Gasteiger partial charge in [0.1, 0.15) is 0 Å². The first-order valence-corrected chi connectivity index (χ1v) is 6.87. The molecule has 0 aromatic heterocycles. The summed E-state index contributed by atoms with van der Waals surface area (Å²) in [5.41, 5.74) is 0.997. The van der Waals surface area contributed by atoms with E-state index < -0.39 is 11.7 Å². The van der Waals surface area contributed by atoms with Gasteiger partial charge in [-0.15, -0.1) is 0 Å². The molecule has 0 heterocycles. The summed E-state index contributed by atoms with van der Waals surface area (Å²) in [7, 11) is 0. The number of alkyl halides is 3. The number of carbonyl (C=O) groups excluding carboxylic acids is 1. The largest absolute Gasteiger partial charge is 0.416 e. The van der Waals surface area contributed by atoms with Crippen LogP contribution in [0.4, 0.5) is 13.2 Å². The normalized spacial score (nSPS) is 10.6. The van der Waals surface area contributed by atoms with Crippen LogP contribution >= 0.6 is 0 Å². The molecule has 0 aliphatic heterocycles. The van der Waals surface area contributed by atoms with E-state index in [1.165, 1.54) is 12.1 Å². The van der Waals surface area contributed by atoms with Crippen molar-refractivity contribution in [2.24, 2.45) is 0 Å². The zero-order chi connectivity index (χ0) is 16.9. The van der Waals surface area contributed by atoms with Gasteiger partial charge in [0.15, 0.2) is 0 Å². The molecule has 118 valence electrons. The number of hydrogen-bond acceptors (Lipinski definition) is 1. The van der Waals surface area contributed by atoms with Crippen LogP contribution in [0, 0.1) is 18.8 Å². The summed E-state index contributed by atoms with van der Waals surface area (Å²) in [4.78, 5) is 11.9. The number of halogens is 3. The second-order valence-corrected chi connectivity index (χ2v) is 4.93. The van der Waals surface area contributed by atoms with Gasteiger partial charge in [-0.05, 0) is 37.3 Å². The molecular weight excluding hydrogens is 303 g/mol. The van der Waals surface area contributed by atoms with Crippen LogP contribution in [0.25, 0.3) is 0 Å². The Bertz CT molecular complexity index is 770. The van der Waals surface area contributed by atoms with Gasteiger partial charge in [-0.3, -0.25) is 4.79 Å². The van der Waals surface area contributed by atoms with E-state index in [4.69, 9.17) is 0 Å². The first kappa shape index (κ1) is 16.6. The van der Waals surface area contributed by atoms with Crippen molar-refractivity contribution in [3.05, 3.63) is 70.8 Å². The summed E-state index contributed by atoms with van der Waals surface area (Å²) in [5, 5.41) is 2.61. The Balaban J connectivity index is 1.97. The van der Waals surface area contributed by atoms with Crippen molar-refractivity contribution < 1.29 is 18.0 Å². The Morgan fingerprint density at radius 2 is 1.87 bits per heavy atom. The lowest BCUT2D eigenvalue weighted by molar-refractivity contribution is -0.137. The van der Waals surface area contributed by atoms with Crippen LogP contribution in [0.15, 0.2) is 48.5 Å². The second-order valence-electron chi connectivity index (χ2n) is 4.93. The number of rotatable bonds is 2. The Labute approximate surface area is 132 Å². The number of benzene rings is 2. The maximum absolute atomic E-state index is 12.6. The predicted molar refractivity (Wildman–Crippen MR) is 81.8 cm³/mol. The molecule has 0 saturated carbocycles. The summed E-state index contributed by atoms with van der Waals surface area (Å²) >= 11 is 0. The number of nitrogens with one attached hydrogen (secondary N) is 1. The fourth-order valence-corrected chi connectivity index (χ4v) is 1.93. The third-order valence-corrected chi connectivity index (χ3v) is 3.04. The predicted octanol–water partition coefficient (Wildman–Crippen LogP) is 3.80. The SMILES string of the molecule is Cc1cccc(C(=O)NCC#Cc2cccc(C(F)(F)F)c2)c1. The molecule has 0 fully saturated rings. The molecule has 0 spiro atoms. The van der Waals surface area contributed by atoms with Crippen molar-refractivity contribution in [1.29, 1.82) is 0 Å². The van der Waals surface area contributed by atoms with E-state index in [2.05, 4.69) is 17.2 Å². The highest BCUT2D eigenvalue weighted by Gasteiger charge is 2.30. The molecule has 2 aromatic carbocycles. The number of aryl methyl sites for hydroxylation is 1. The molecule has 2 nitrogen and oxygen atoms in total. The Kier molecular flexibility index (Phi) is 5.07. The monoisotopic (exact) mass is 317 g/mol. The van der Waals surface area contributed by atoms with E-state index in [1.54, 1.807) is 18.2 Å². The van der Waals surface area contributed by atoms with E-state index in [0.29, 0.717) is 5.56 Å². The van der Waals surface area contributed by atoms with Crippen LogP contribution in [0.5, 0.6) is 0 Å². The molecule has 1 N–H and O–H groups in total. The second kappa shape index (κ2) is 7.01. The minimum atomic E-state index is -4.39. The minimum Gasteiger partial charge on any atom is -0.341 e. The quantitative estimate of drug-likeness (QED) is 0.839. The van der Waals surface area contributed by atoms with Crippen LogP contribution in [-0.2, 0) is 6.18 Å². The van der Waals surface area contributed by atoms with Gasteiger partial charge in [0.25, 0.3) is 5.91 Å². The molecule has 2 aromatic rings. The van der Waals surface area contributed by atoms with E-state index in [1.807, 2.05) is 13.0 Å². The molecular formula is C18H14F3NO. The third kappa shape index (κ3) is 4.89. The van der Waals surface area contributed by atoms with Crippen molar-refractivity contribution in [2.75, 3.05) is 6.54 Å². The summed E-state index contributed by atoms with van der Waals surface area (Å²) in [6.45, 7) is 1.94. The van der Waals surface area contributed by atoms with E-state index in [0.717, 1.165) is 17.7 Å². The number of hydrogen-bond donors (Lipinski definition) is 1. The zero-order valence-electron chi connectivity index (χ0n) is 12.4. The lowest BCUT2D eigenvalue weighted by Crippen LogP contribution is -2.23. The fourth-order valence-electron chi connectivity index (χ4n) is 1.93. The number of carbonyl (C=O) groups is 1. The van der Waals surface area contributed by atoms with Gasteiger partial charge < -0.3 is 5.32 Å². The van der Waals surface area contributed by atoms with Crippen molar-refractivity contribution in [3.63, 3.8) is 0 Å². The van der Waals surface area contributed by atoms with Gasteiger partial charge >= 0.3 is 6.18 Å². The van der Waals surface area contributed by atoms with Crippen molar-refractivity contribution in [3.8, 4) is 11.8 Å². The Hall–Kier alpha value is -2.74. The molecule has 1 amide bonds. The first-order chi connectivity index (χ1) is 10.9. The molecule has 0 unspecified atom stereocenters. The smallest absolute Gasteiger partial charge is 0.341 e. The average molecular weight is 317 g/mol. The van der Waals surface area contributed by atoms with Crippen LogP contribution in [0.2, 0.25) is 0 Å². The Morgan fingerprint density at radius 3 is 2.57 bits per heavy atom. The fraction of sp³-hybridized carbons (Fsp3) is 0.167. The van der Waals surface area contributed by atoms with Crippen LogP contribution in [-0.4, -0.2) is 12.5 Å². The summed E-state index contributed by atoms with van der Waals surface area (Å²) < 4.78 is 37.7. The highest BCUT2D eigenvalue weighted by atomic mass is 19.4. The molecule has 0 saturated heterocycles. The van der Waals surface area contributed by atoms with Crippen molar-refractivity contribution in [1.82, 2.24) is 5.32 Å². The Morgan fingerprint density at radius 1 is 1.13 bits per heavy atom. The summed E-state index contributed by atoms with van der Waals surface area (Å²) in [5.74, 6) is 4.99. The van der Waals surface area contributed by atoms with Crippen LogP contribution in [0.3, 0.4) is 0 Å². The molecule has 0 bridgehead atoms. The lowest BCUT2D eigenvalue weighted by Gasteiger charge is -2.05. The van der Waals surface area contributed by atoms with Gasteiger partial charge in [-0.2, -0.15) is 13.2 Å². The molecule has 23 heavy (non-hydrogen) atoms. The maximum Gasteiger partial charge on any atom is 0.416 e. The molecule has 0 radical (unpaired) electrons. The van der Waals surface area contributed by atoms with Gasteiger partial charge in [0, 0.05) is 11.1 Å². The first-order valence-electron chi connectivity index (χ1n) is 6.87. The van der Waals surface area contributed by atoms with Crippen molar-refractivity contribution in [2.45, 2.75) is 13.1 Å². The molecule has 0 atom stereocenters. The number of amides is 1. The van der Waals surface area contributed by atoms with Gasteiger partial charge in [0.05, 0.1) is 12.1 Å². The summed E-state index contributed by atoms with van der Waals surface area (Å²) in [6.07, 6.45) is -4.39. The molecule has 0 aliphatic carbocycles. The van der Waals surface area contributed by atoms with Gasteiger partial charge in [0.2, 0.25) is 0 Å². The molecule has 0 aliphatic rings. The highest BCUT2D eigenvalue weighted by molar-refractivity contribution is 5.94. The van der Waals surface area contributed by atoms with E-state index in [9.17, 15) is 18.0 Å². The summed E-state index contributed by atoms with van der Waals surface area (Å²) in [6, 6.07) is 11.9. The van der Waals surface area contributed by atoms with Gasteiger partial charge in [-0.1, -0.05) is 35.6 Å². The molecule has 5 heteroatoms. The van der Waals surface area contributed by atoms with E-state index >= 15 is 0 Å². The topological polar surface area (TPSA) is 29.1 Å². The van der Waals surface area contributed by atoms with E-state index in [-0.39, 0.29) is 18.0 Å².